The molecule has 1 aliphatic rings. The van der Waals surface area contributed by atoms with Gasteiger partial charge in [0.1, 0.15) is 0 Å². The summed E-state index contributed by atoms with van der Waals surface area (Å²) in [7, 11) is 1.46. The van der Waals surface area contributed by atoms with Gasteiger partial charge in [0.15, 0.2) is 0 Å². The first kappa shape index (κ1) is 12.4. The van der Waals surface area contributed by atoms with Gasteiger partial charge in [0.2, 0.25) is 0 Å². The highest BCUT2D eigenvalue weighted by atomic mass is 35.5. The van der Waals surface area contributed by atoms with Gasteiger partial charge in [0.05, 0.1) is 13.0 Å². The standard InChI is InChI=1S/C14H17ClO2/c1-17-14(16)13-8-3-2-7-12(13)10-5-4-6-11(15)9-10/h4-6,9,12-13H,2-3,7-8H2,1H3. The van der Waals surface area contributed by atoms with E-state index in [4.69, 9.17) is 16.3 Å². The van der Waals surface area contributed by atoms with Crippen LogP contribution < -0.4 is 0 Å². The molecule has 0 N–H and O–H groups in total. The van der Waals surface area contributed by atoms with Crippen molar-refractivity contribution < 1.29 is 9.53 Å². The number of ether oxygens (including phenoxy) is 1. The Morgan fingerprint density at radius 2 is 2.12 bits per heavy atom. The molecule has 0 aromatic heterocycles. The van der Waals surface area contributed by atoms with Crippen LogP contribution in [0.1, 0.15) is 37.2 Å². The second-order valence-electron chi connectivity index (χ2n) is 4.58. The van der Waals surface area contributed by atoms with Gasteiger partial charge in [-0.3, -0.25) is 4.79 Å². The summed E-state index contributed by atoms with van der Waals surface area (Å²) >= 11 is 6.01. The predicted octanol–water partition coefficient (Wildman–Crippen LogP) is 3.79. The first-order valence-electron chi connectivity index (χ1n) is 6.05. The molecule has 0 amide bonds. The van der Waals surface area contributed by atoms with E-state index in [2.05, 4.69) is 6.07 Å². The summed E-state index contributed by atoms with van der Waals surface area (Å²) in [5.41, 5.74) is 1.16. The van der Waals surface area contributed by atoms with Crippen LogP contribution in [0.25, 0.3) is 0 Å². The normalized spacial score (nSPS) is 24.4. The van der Waals surface area contributed by atoms with Gasteiger partial charge in [0, 0.05) is 5.02 Å². The van der Waals surface area contributed by atoms with E-state index in [1.165, 1.54) is 13.5 Å². The topological polar surface area (TPSA) is 26.3 Å². The third-order valence-corrected chi connectivity index (χ3v) is 3.78. The van der Waals surface area contributed by atoms with Crippen LogP contribution in [0.15, 0.2) is 24.3 Å². The van der Waals surface area contributed by atoms with E-state index < -0.39 is 0 Å². The first-order valence-corrected chi connectivity index (χ1v) is 6.43. The average molecular weight is 253 g/mol. The van der Waals surface area contributed by atoms with Crippen LogP contribution in [0.3, 0.4) is 0 Å². The van der Waals surface area contributed by atoms with Crippen molar-refractivity contribution >= 4 is 17.6 Å². The molecule has 1 saturated carbocycles. The zero-order valence-electron chi connectivity index (χ0n) is 9.99. The highest BCUT2D eigenvalue weighted by molar-refractivity contribution is 6.30. The molecule has 0 heterocycles. The summed E-state index contributed by atoms with van der Waals surface area (Å²) in [4.78, 5) is 11.8. The van der Waals surface area contributed by atoms with Crippen LogP contribution in [0.4, 0.5) is 0 Å². The van der Waals surface area contributed by atoms with Crippen LogP contribution in [-0.4, -0.2) is 13.1 Å². The zero-order chi connectivity index (χ0) is 12.3. The van der Waals surface area contributed by atoms with Gasteiger partial charge in [-0.25, -0.2) is 0 Å². The van der Waals surface area contributed by atoms with Crippen LogP contribution in [0, 0.1) is 5.92 Å². The second-order valence-corrected chi connectivity index (χ2v) is 5.01. The van der Waals surface area contributed by atoms with Crippen molar-refractivity contribution in [2.24, 2.45) is 5.92 Å². The third-order valence-electron chi connectivity index (χ3n) is 3.55. The lowest BCUT2D eigenvalue weighted by molar-refractivity contribution is -0.147. The Morgan fingerprint density at radius 3 is 2.82 bits per heavy atom. The van der Waals surface area contributed by atoms with Gasteiger partial charge in [-0.1, -0.05) is 36.6 Å². The van der Waals surface area contributed by atoms with Gasteiger partial charge in [0.25, 0.3) is 0 Å². The maximum atomic E-state index is 11.8. The molecule has 0 spiro atoms. The highest BCUT2D eigenvalue weighted by Crippen LogP contribution is 2.38. The van der Waals surface area contributed by atoms with Crippen molar-refractivity contribution in [1.29, 1.82) is 0 Å². The fourth-order valence-electron chi connectivity index (χ4n) is 2.70. The molecule has 0 radical (unpaired) electrons. The number of methoxy groups -OCH3 is 1. The lowest BCUT2D eigenvalue weighted by Crippen LogP contribution is -2.26. The summed E-state index contributed by atoms with van der Waals surface area (Å²) in [5, 5.41) is 0.733. The molecule has 1 fully saturated rings. The quantitative estimate of drug-likeness (QED) is 0.749. The van der Waals surface area contributed by atoms with E-state index in [9.17, 15) is 4.79 Å². The Bertz CT molecular complexity index is 403. The predicted molar refractivity (Wildman–Crippen MR) is 68.2 cm³/mol. The average Bonchev–Trinajstić information content (AvgIpc) is 2.38. The van der Waals surface area contributed by atoms with E-state index in [-0.39, 0.29) is 17.8 Å². The minimum Gasteiger partial charge on any atom is -0.469 e. The number of hydrogen-bond acceptors (Lipinski definition) is 2. The van der Waals surface area contributed by atoms with Crippen molar-refractivity contribution in [3.63, 3.8) is 0 Å². The van der Waals surface area contributed by atoms with Crippen LogP contribution in [-0.2, 0) is 9.53 Å². The van der Waals surface area contributed by atoms with Crippen molar-refractivity contribution in [2.45, 2.75) is 31.6 Å². The van der Waals surface area contributed by atoms with Crippen molar-refractivity contribution in [3.8, 4) is 0 Å². The van der Waals surface area contributed by atoms with Crippen LogP contribution in [0.5, 0.6) is 0 Å². The number of rotatable bonds is 2. The molecule has 2 nitrogen and oxygen atoms in total. The minimum absolute atomic E-state index is 0.00721. The lowest BCUT2D eigenvalue weighted by atomic mass is 9.75. The van der Waals surface area contributed by atoms with Gasteiger partial charge in [-0.2, -0.15) is 0 Å². The molecular formula is C14H17ClO2. The van der Waals surface area contributed by atoms with E-state index >= 15 is 0 Å². The molecule has 2 rings (SSSR count). The Labute approximate surface area is 107 Å². The molecule has 3 heteroatoms. The maximum Gasteiger partial charge on any atom is 0.309 e. The highest BCUT2D eigenvalue weighted by Gasteiger charge is 2.32. The van der Waals surface area contributed by atoms with Crippen molar-refractivity contribution in [1.82, 2.24) is 0 Å². The van der Waals surface area contributed by atoms with E-state index in [0.717, 1.165) is 29.8 Å². The summed E-state index contributed by atoms with van der Waals surface area (Å²) in [6, 6.07) is 7.83. The minimum atomic E-state index is -0.0883. The number of carbonyl (C=O) groups excluding carboxylic acids is 1. The SMILES string of the molecule is COC(=O)C1CCCCC1c1cccc(Cl)c1. The summed E-state index contributed by atoms with van der Waals surface area (Å²) in [6.45, 7) is 0. The largest absolute Gasteiger partial charge is 0.469 e. The van der Waals surface area contributed by atoms with Gasteiger partial charge in [-0.05, 0) is 36.5 Å². The molecule has 17 heavy (non-hydrogen) atoms. The Balaban J connectivity index is 2.24. The van der Waals surface area contributed by atoms with Crippen LogP contribution >= 0.6 is 11.6 Å². The van der Waals surface area contributed by atoms with Crippen LogP contribution in [0.2, 0.25) is 5.02 Å². The lowest BCUT2D eigenvalue weighted by Gasteiger charge is -2.29. The second kappa shape index (κ2) is 5.54. The zero-order valence-corrected chi connectivity index (χ0v) is 10.7. The molecule has 92 valence electrons. The number of carbonyl (C=O) groups is 1. The molecule has 1 aliphatic carbocycles. The fourth-order valence-corrected chi connectivity index (χ4v) is 2.90. The summed E-state index contributed by atoms with van der Waals surface area (Å²) < 4.78 is 4.90. The number of halogens is 1. The van der Waals surface area contributed by atoms with E-state index in [1.807, 2.05) is 18.2 Å². The molecule has 2 atom stereocenters. The van der Waals surface area contributed by atoms with E-state index in [0.29, 0.717) is 0 Å². The molecule has 1 aromatic carbocycles. The summed E-state index contributed by atoms with van der Waals surface area (Å²) in [6.07, 6.45) is 4.24. The Morgan fingerprint density at radius 1 is 1.35 bits per heavy atom. The van der Waals surface area contributed by atoms with E-state index in [1.54, 1.807) is 0 Å². The molecule has 2 unspecified atom stereocenters. The number of benzene rings is 1. The Hall–Kier alpha value is -1.02. The van der Waals surface area contributed by atoms with Gasteiger partial charge >= 0.3 is 5.97 Å². The fraction of sp³-hybridized carbons (Fsp3) is 0.500. The molecular weight excluding hydrogens is 236 g/mol. The van der Waals surface area contributed by atoms with Crippen molar-refractivity contribution in [3.05, 3.63) is 34.9 Å². The smallest absolute Gasteiger partial charge is 0.309 e. The molecule has 0 aliphatic heterocycles. The van der Waals surface area contributed by atoms with Crippen molar-refractivity contribution in [2.75, 3.05) is 7.11 Å². The third kappa shape index (κ3) is 2.81. The Kier molecular flexibility index (Phi) is 4.06. The summed E-state index contributed by atoms with van der Waals surface area (Å²) in [5.74, 6) is 0.164. The first-order chi connectivity index (χ1) is 8.22. The molecule has 0 saturated heterocycles. The monoisotopic (exact) mass is 252 g/mol. The van der Waals surface area contributed by atoms with Gasteiger partial charge in [-0.15, -0.1) is 0 Å². The number of hydrogen-bond donors (Lipinski definition) is 0. The molecule has 0 bridgehead atoms. The van der Waals surface area contributed by atoms with Gasteiger partial charge < -0.3 is 4.74 Å². The number of esters is 1. The molecule has 1 aromatic rings. The maximum absolute atomic E-state index is 11.8.